The Kier molecular flexibility index (Phi) is 2.68. The molecule has 0 fully saturated rings. The summed E-state index contributed by atoms with van der Waals surface area (Å²) in [5.41, 5.74) is 0.199. The van der Waals surface area contributed by atoms with Crippen LogP contribution in [0.2, 0.25) is 0 Å². The van der Waals surface area contributed by atoms with Gasteiger partial charge in [0, 0.05) is 11.8 Å². The molecule has 16 heavy (non-hydrogen) atoms. The second-order valence-corrected chi connectivity index (χ2v) is 4.74. The van der Waals surface area contributed by atoms with Gasteiger partial charge in [-0.3, -0.25) is 0 Å². The second-order valence-electron chi connectivity index (χ2n) is 4.74. The van der Waals surface area contributed by atoms with E-state index in [1.807, 2.05) is 18.2 Å². The van der Waals surface area contributed by atoms with Crippen LogP contribution in [0.15, 0.2) is 36.4 Å². The van der Waals surface area contributed by atoms with Gasteiger partial charge in [0.1, 0.15) is 5.82 Å². The van der Waals surface area contributed by atoms with E-state index in [9.17, 15) is 9.50 Å². The first-order valence-electron chi connectivity index (χ1n) is 5.36. The smallest absolute Gasteiger partial charge is 0.131 e. The third-order valence-electron chi connectivity index (χ3n) is 2.58. The average molecular weight is 218 g/mol. The Morgan fingerprint density at radius 2 is 1.69 bits per heavy atom. The molecule has 0 unspecified atom stereocenters. The van der Waals surface area contributed by atoms with Crippen molar-refractivity contribution in [1.82, 2.24) is 0 Å². The lowest BCUT2D eigenvalue weighted by atomic mass is 9.94. The van der Waals surface area contributed by atoms with E-state index < -0.39 is 5.60 Å². The van der Waals surface area contributed by atoms with Crippen molar-refractivity contribution < 1.29 is 9.50 Å². The van der Waals surface area contributed by atoms with Gasteiger partial charge in [-0.15, -0.1) is 0 Å². The Hall–Kier alpha value is -1.41. The standard InChI is InChI=1S/C14H15FO/c1-14(2,16)9-10-7-8-13(15)12-6-4-3-5-11(10)12/h3-8,16H,9H2,1-2H3. The van der Waals surface area contributed by atoms with Gasteiger partial charge in [0.05, 0.1) is 5.60 Å². The average Bonchev–Trinajstić information content (AvgIpc) is 2.21. The number of fused-ring (bicyclic) bond motifs is 1. The predicted octanol–water partition coefficient (Wildman–Crippen LogP) is 3.29. The molecule has 0 bridgehead atoms. The molecule has 2 aromatic rings. The van der Waals surface area contributed by atoms with Crippen LogP contribution in [-0.4, -0.2) is 10.7 Å². The van der Waals surface area contributed by atoms with Crippen molar-refractivity contribution in [1.29, 1.82) is 0 Å². The summed E-state index contributed by atoms with van der Waals surface area (Å²) in [7, 11) is 0. The molecular weight excluding hydrogens is 203 g/mol. The normalized spacial score (nSPS) is 12.0. The van der Waals surface area contributed by atoms with Gasteiger partial charge in [0.15, 0.2) is 0 Å². The van der Waals surface area contributed by atoms with Crippen molar-refractivity contribution in [2.75, 3.05) is 0 Å². The lowest BCUT2D eigenvalue weighted by Crippen LogP contribution is -2.22. The van der Waals surface area contributed by atoms with Gasteiger partial charge < -0.3 is 5.11 Å². The van der Waals surface area contributed by atoms with Crippen molar-refractivity contribution in [3.05, 3.63) is 47.8 Å². The first-order chi connectivity index (χ1) is 7.47. The molecular formula is C14H15FO. The molecule has 2 heteroatoms. The number of hydrogen-bond acceptors (Lipinski definition) is 1. The van der Waals surface area contributed by atoms with Crippen molar-refractivity contribution in [2.24, 2.45) is 0 Å². The van der Waals surface area contributed by atoms with Gasteiger partial charge in [0.25, 0.3) is 0 Å². The van der Waals surface area contributed by atoms with E-state index in [0.29, 0.717) is 11.8 Å². The summed E-state index contributed by atoms with van der Waals surface area (Å²) in [6, 6.07) is 10.6. The van der Waals surface area contributed by atoms with E-state index in [0.717, 1.165) is 10.9 Å². The van der Waals surface area contributed by atoms with Crippen LogP contribution in [0.5, 0.6) is 0 Å². The molecule has 0 atom stereocenters. The first-order valence-corrected chi connectivity index (χ1v) is 5.36. The van der Waals surface area contributed by atoms with Gasteiger partial charge in [0.2, 0.25) is 0 Å². The Morgan fingerprint density at radius 3 is 2.31 bits per heavy atom. The largest absolute Gasteiger partial charge is 0.390 e. The van der Waals surface area contributed by atoms with E-state index in [2.05, 4.69) is 0 Å². The molecule has 2 rings (SSSR count). The maximum atomic E-state index is 13.5. The van der Waals surface area contributed by atoms with Gasteiger partial charge >= 0.3 is 0 Å². The van der Waals surface area contributed by atoms with Crippen molar-refractivity contribution in [3.8, 4) is 0 Å². The highest BCUT2D eigenvalue weighted by atomic mass is 19.1. The summed E-state index contributed by atoms with van der Waals surface area (Å²) >= 11 is 0. The molecule has 0 saturated carbocycles. The molecule has 0 aliphatic rings. The number of aliphatic hydroxyl groups is 1. The van der Waals surface area contributed by atoms with Crippen LogP contribution >= 0.6 is 0 Å². The number of benzene rings is 2. The molecule has 0 saturated heterocycles. The molecule has 1 N–H and O–H groups in total. The van der Waals surface area contributed by atoms with E-state index >= 15 is 0 Å². The van der Waals surface area contributed by atoms with Crippen LogP contribution in [0.4, 0.5) is 4.39 Å². The van der Waals surface area contributed by atoms with Crippen LogP contribution in [0.1, 0.15) is 19.4 Å². The zero-order valence-corrected chi connectivity index (χ0v) is 9.50. The molecule has 0 aliphatic carbocycles. The zero-order chi connectivity index (χ0) is 11.8. The van der Waals surface area contributed by atoms with Crippen molar-refractivity contribution in [3.63, 3.8) is 0 Å². The topological polar surface area (TPSA) is 20.2 Å². The molecule has 0 aromatic heterocycles. The fourth-order valence-corrected chi connectivity index (χ4v) is 1.94. The predicted molar refractivity (Wildman–Crippen MR) is 63.9 cm³/mol. The third-order valence-corrected chi connectivity index (χ3v) is 2.58. The lowest BCUT2D eigenvalue weighted by Gasteiger charge is -2.18. The molecule has 0 spiro atoms. The van der Waals surface area contributed by atoms with E-state index in [1.165, 1.54) is 6.07 Å². The molecule has 84 valence electrons. The molecule has 0 amide bonds. The minimum absolute atomic E-state index is 0.213. The van der Waals surface area contributed by atoms with Gasteiger partial charge in [-0.1, -0.05) is 30.3 Å². The van der Waals surface area contributed by atoms with Crippen molar-refractivity contribution in [2.45, 2.75) is 25.9 Å². The Balaban J connectivity index is 2.59. The van der Waals surface area contributed by atoms with Crippen LogP contribution in [0.3, 0.4) is 0 Å². The minimum atomic E-state index is -0.777. The summed E-state index contributed by atoms with van der Waals surface area (Å²) in [6.45, 7) is 3.51. The van der Waals surface area contributed by atoms with Gasteiger partial charge in [-0.25, -0.2) is 4.39 Å². The van der Waals surface area contributed by atoms with Crippen LogP contribution in [0.25, 0.3) is 10.8 Å². The summed E-state index contributed by atoms with van der Waals surface area (Å²) < 4.78 is 13.5. The fourth-order valence-electron chi connectivity index (χ4n) is 1.94. The molecule has 1 nitrogen and oxygen atoms in total. The maximum absolute atomic E-state index is 13.5. The maximum Gasteiger partial charge on any atom is 0.131 e. The monoisotopic (exact) mass is 218 g/mol. The van der Waals surface area contributed by atoms with Crippen molar-refractivity contribution >= 4 is 10.8 Å². The lowest BCUT2D eigenvalue weighted by molar-refractivity contribution is 0.0813. The Morgan fingerprint density at radius 1 is 1.06 bits per heavy atom. The van der Waals surface area contributed by atoms with Crippen LogP contribution in [0, 0.1) is 5.82 Å². The summed E-state index contributed by atoms with van der Waals surface area (Å²) in [5.74, 6) is -0.213. The minimum Gasteiger partial charge on any atom is -0.390 e. The molecule has 2 aromatic carbocycles. The number of hydrogen-bond donors (Lipinski definition) is 1. The second kappa shape index (κ2) is 3.87. The van der Waals surface area contributed by atoms with Gasteiger partial charge in [-0.2, -0.15) is 0 Å². The zero-order valence-electron chi connectivity index (χ0n) is 9.50. The quantitative estimate of drug-likeness (QED) is 0.820. The summed E-state index contributed by atoms with van der Waals surface area (Å²) in [6.07, 6.45) is 0.522. The highest BCUT2D eigenvalue weighted by Gasteiger charge is 2.15. The van der Waals surface area contributed by atoms with Crippen LogP contribution in [-0.2, 0) is 6.42 Å². The van der Waals surface area contributed by atoms with E-state index in [-0.39, 0.29) is 5.82 Å². The summed E-state index contributed by atoms with van der Waals surface area (Å²) in [4.78, 5) is 0. The first kappa shape index (κ1) is 11.1. The van der Waals surface area contributed by atoms with E-state index in [4.69, 9.17) is 0 Å². The van der Waals surface area contributed by atoms with E-state index in [1.54, 1.807) is 26.0 Å². The Labute approximate surface area is 94.5 Å². The molecule has 0 aliphatic heterocycles. The number of rotatable bonds is 2. The SMILES string of the molecule is CC(C)(O)Cc1ccc(F)c2ccccc12. The summed E-state index contributed by atoms with van der Waals surface area (Å²) in [5, 5.41) is 11.3. The molecule has 0 radical (unpaired) electrons. The third kappa shape index (κ3) is 2.22. The number of halogens is 1. The Bertz CT molecular complexity index is 512. The van der Waals surface area contributed by atoms with Crippen LogP contribution < -0.4 is 0 Å². The highest BCUT2D eigenvalue weighted by molar-refractivity contribution is 5.86. The fraction of sp³-hybridized carbons (Fsp3) is 0.286. The molecule has 0 heterocycles. The van der Waals surface area contributed by atoms with Gasteiger partial charge in [-0.05, 0) is 30.9 Å². The highest BCUT2D eigenvalue weighted by Crippen LogP contribution is 2.24.